The highest BCUT2D eigenvalue weighted by atomic mass is 14.2. The first-order valence-electron chi connectivity index (χ1n) is 7.68. The predicted octanol–water partition coefficient (Wildman–Crippen LogP) is 4.92. The third-order valence-electron chi connectivity index (χ3n) is 3.27. The van der Waals surface area contributed by atoms with Crippen LogP contribution < -0.4 is 0 Å². The second-order valence-electron chi connectivity index (χ2n) is 7.04. The summed E-state index contributed by atoms with van der Waals surface area (Å²) >= 11 is 0. The molecule has 2 aliphatic rings. The molecule has 0 heterocycles. The Morgan fingerprint density at radius 3 is 1.90 bits per heavy atom. The average molecular weight is 276 g/mol. The molecule has 108 valence electrons. The number of fused-ring (bicyclic) bond motifs is 1. The summed E-state index contributed by atoms with van der Waals surface area (Å²) in [4.78, 5) is 0. The van der Waals surface area contributed by atoms with E-state index in [4.69, 9.17) is 0 Å². The third kappa shape index (κ3) is 4.84. The van der Waals surface area contributed by atoms with E-state index in [0.717, 1.165) is 11.1 Å². The van der Waals surface area contributed by atoms with Crippen molar-refractivity contribution in [2.24, 2.45) is 23.2 Å². The highest BCUT2D eigenvalue weighted by Gasteiger charge is 2.19. The molecule has 2 atom stereocenters. The van der Waals surface area contributed by atoms with Crippen molar-refractivity contribution < 1.29 is 0 Å². The second kappa shape index (κ2) is 6.24. The molecule has 0 radical (unpaired) electrons. The molecule has 0 saturated carbocycles. The van der Waals surface area contributed by atoms with E-state index in [1.165, 1.54) is 0 Å². The van der Waals surface area contributed by atoms with Crippen LogP contribution in [0.4, 0.5) is 0 Å². The molecule has 0 heteroatoms. The molecule has 2 aliphatic carbocycles. The van der Waals surface area contributed by atoms with E-state index in [1.54, 1.807) is 0 Å². The fraction of sp³-hybridized carbons (Fsp3) is 0.429. The lowest BCUT2D eigenvalue weighted by Crippen LogP contribution is -2.13. The lowest BCUT2D eigenvalue weighted by Gasteiger charge is -2.23. The van der Waals surface area contributed by atoms with Gasteiger partial charge in [0, 0.05) is 34.3 Å². The summed E-state index contributed by atoms with van der Waals surface area (Å²) < 4.78 is 0. The molecule has 0 aromatic heterocycles. The van der Waals surface area contributed by atoms with Crippen molar-refractivity contribution in [1.82, 2.24) is 0 Å². The molecular formula is C21H24. The summed E-state index contributed by atoms with van der Waals surface area (Å²) in [6, 6.07) is 0. The van der Waals surface area contributed by atoms with E-state index in [-0.39, 0.29) is 5.41 Å². The van der Waals surface area contributed by atoms with Crippen LogP contribution in [0.2, 0.25) is 0 Å². The molecule has 0 bridgehead atoms. The van der Waals surface area contributed by atoms with E-state index in [1.807, 2.05) is 0 Å². The van der Waals surface area contributed by atoms with Crippen molar-refractivity contribution in [2.45, 2.75) is 34.6 Å². The van der Waals surface area contributed by atoms with Gasteiger partial charge in [-0.2, -0.15) is 0 Å². The summed E-state index contributed by atoms with van der Waals surface area (Å²) in [5.74, 6) is 14.3. The minimum absolute atomic E-state index is 0.0490. The van der Waals surface area contributed by atoms with Crippen LogP contribution in [-0.2, 0) is 0 Å². The standard InChI is InChI=1S/C21H24/c1-16(2)6-7-17-8-10-20-15-18(9-11-19(20)14-17)12-13-21(3,4)5/h8-11,14-16,19-20H,1-5H3. The summed E-state index contributed by atoms with van der Waals surface area (Å²) in [6.45, 7) is 10.6. The zero-order valence-electron chi connectivity index (χ0n) is 13.7. The average Bonchev–Trinajstić information content (AvgIpc) is 2.41. The van der Waals surface area contributed by atoms with Gasteiger partial charge in [0.15, 0.2) is 0 Å². The minimum atomic E-state index is 0.0490. The molecule has 2 unspecified atom stereocenters. The molecule has 21 heavy (non-hydrogen) atoms. The quantitative estimate of drug-likeness (QED) is 0.551. The Morgan fingerprint density at radius 2 is 1.43 bits per heavy atom. The van der Waals surface area contributed by atoms with Crippen LogP contribution in [0.1, 0.15) is 34.6 Å². The Morgan fingerprint density at radius 1 is 0.905 bits per heavy atom. The number of hydrogen-bond donors (Lipinski definition) is 0. The molecule has 2 rings (SSSR count). The zero-order valence-corrected chi connectivity index (χ0v) is 13.7. The van der Waals surface area contributed by atoms with Crippen LogP contribution in [0.15, 0.2) is 47.6 Å². The van der Waals surface area contributed by atoms with Gasteiger partial charge in [0.25, 0.3) is 0 Å². The van der Waals surface area contributed by atoms with Gasteiger partial charge in [-0.3, -0.25) is 0 Å². The van der Waals surface area contributed by atoms with Gasteiger partial charge in [-0.25, -0.2) is 0 Å². The first kappa shape index (κ1) is 15.5. The molecule has 0 spiro atoms. The van der Waals surface area contributed by atoms with Gasteiger partial charge in [-0.15, -0.1) is 0 Å². The maximum atomic E-state index is 3.30. The monoisotopic (exact) mass is 276 g/mol. The van der Waals surface area contributed by atoms with Crippen LogP contribution in [0.25, 0.3) is 0 Å². The highest BCUT2D eigenvalue weighted by Crippen LogP contribution is 2.30. The fourth-order valence-electron chi connectivity index (χ4n) is 2.20. The largest absolute Gasteiger partial charge is 0.0951 e. The van der Waals surface area contributed by atoms with Gasteiger partial charge < -0.3 is 0 Å². The van der Waals surface area contributed by atoms with Crippen molar-refractivity contribution in [1.29, 1.82) is 0 Å². The van der Waals surface area contributed by atoms with Gasteiger partial charge in [0.05, 0.1) is 0 Å². The smallest absolute Gasteiger partial charge is 0.0234 e. The van der Waals surface area contributed by atoms with Gasteiger partial charge in [-0.1, -0.05) is 74.0 Å². The molecule has 0 aromatic rings. The number of allylic oxidation sites excluding steroid dienone is 8. The fourth-order valence-corrected chi connectivity index (χ4v) is 2.20. The molecule has 0 saturated heterocycles. The van der Waals surface area contributed by atoms with E-state index < -0.39 is 0 Å². The van der Waals surface area contributed by atoms with E-state index in [2.05, 4.69) is 94.8 Å². The summed E-state index contributed by atoms with van der Waals surface area (Å²) in [6.07, 6.45) is 13.3. The Bertz CT molecular complexity index is 634. The molecule has 0 nitrogen and oxygen atoms in total. The van der Waals surface area contributed by atoms with Crippen molar-refractivity contribution in [3.05, 3.63) is 47.6 Å². The van der Waals surface area contributed by atoms with Gasteiger partial charge in [-0.05, 0) is 20.8 Å². The maximum absolute atomic E-state index is 3.30. The summed E-state index contributed by atoms with van der Waals surface area (Å²) in [7, 11) is 0. The molecule has 0 aliphatic heterocycles. The Labute approximate surface area is 129 Å². The van der Waals surface area contributed by atoms with Crippen molar-refractivity contribution in [2.75, 3.05) is 0 Å². The van der Waals surface area contributed by atoms with Gasteiger partial charge in [0.2, 0.25) is 0 Å². The second-order valence-corrected chi connectivity index (χ2v) is 7.04. The van der Waals surface area contributed by atoms with E-state index in [9.17, 15) is 0 Å². The van der Waals surface area contributed by atoms with Crippen LogP contribution in [0.3, 0.4) is 0 Å². The Hall–Kier alpha value is -1.92. The van der Waals surface area contributed by atoms with Crippen LogP contribution in [0.5, 0.6) is 0 Å². The number of hydrogen-bond acceptors (Lipinski definition) is 0. The SMILES string of the molecule is CC(C)C#CC1=CC2C=CC(C#CC(C)(C)C)=CC2C=C1. The van der Waals surface area contributed by atoms with Gasteiger partial charge >= 0.3 is 0 Å². The van der Waals surface area contributed by atoms with Crippen molar-refractivity contribution in [3.63, 3.8) is 0 Å². The first-order chi connectivity index (χ1) is 9.83. The molecular weight excluding hydrogens is 252 g/mol. The topological polar surface area (TPSA) is 0 Å². The normalized spacial score (nSPS) is 23.3. The van der Waals surface area contributed by atoms with Crippen LogP contribution in [0, 0.1) is 46.9 Å². The third-order valence-corrected chi connectivity index (χ3v) is 3.27. The summed E-state index contributed by atoms with van der Waals surface area (Å²) in [5, 5.41) is 0. The lowest BCUT2D eigenvalue weighted by molar-refractivity contribution is 0.571. The minimum Gasteiger partial charge on any atom is -0.0951 e. The van der Waals surface area contributed by atoms with Gasteiger partial charge in [0.1, 0.15) is 0 Å². The van der Waals surface area contributed by atoms with Crippen molar-refractivity contribution >= 4 is 0 Å². The first-order valence-corrected chi connectivity index (χ1v) is 7.68. The van der Waals surface area contributed by atoms with Crippen LogP contribution >= 0.6 is 0 Å². The van der Waals surface area contributed by atoms with E-state index in [0.29, 0.717) is 17.8 Å². The maximum Gasteiger partial charge on any atom is 0.0234 e. The molecule has 0 fully saturated rings. The van der Waals surface area contributed by atoms with Crippen LogP contribution in [-0.4, -0.2) is 0 Å². The number of rotatable bonds is 0. The summed E-state index contributed by atoms with van der Waals surface area (Å²) in [5.41, 5.74) is 2.31. The Kier molecular flexibility index (Phi) is 4.59. The Balaban J connectivity index is 2.13. The predicted molar refractivity (Wildman–Crippen MR) is 91.3 cm³/mol. The highest BCUT2D eigenvalue weighted by molar-refractivity contribution is 5.49. The molecule has 0 amide bonds. The van der Waals surface area contributed by atoms with E-state index >= 15 is 0 Å². The molecule has 0 N–H and O–H groups in total. The lowest BCUT2D eigenvalue weighted by atomic mass is 9.81. The zero-order chi connectivity index (χ0) is 15.5. The molecule has 0 aromatic carbocycles. The van der Waals surface area contributed by atoms with Crippen molar-refractivity contribution in [3.8, 4) is 23.7 Å².